The fourth-order valence-corrected chi connectivity index (χ4v) is 3.52. The molecule has 1 aliphatic carbocycles. The molecule has 126 valence electrons. The Labute approximate surface area is 137 Å². The van der Waals surface area contributed by atoms with Crippen LogP contribution < -0.4 is 4.74 Å². The molecule has 23 heavy (non-hydrogen) atoms. The molecule has 1 aromatic rings. The molecule has 1 aromatic carbocycles. The van der Waals surface area contributed by atoms with Crippen molar-refractivity contribution >= 4 is 11.9 Å². The Bertz CT molecular complexity index is 591. The van der Waals surface area contributed by atoms with Crippen LogP contribution in [0.25, 0.3) is 0 Å². The molecule has 2 rings (SSSR count). The van der Waals surface area contributed by atoms with Crippen LogP contribution in [0.15, 0.2) is 18.2 Å². The Hall–Kier alpha value is -2.04. The lowest BCUT2D eigenvalue weighted by molar-refractivity contribution is -0.147. The van der Waals surface area contributed by atoms with Gasteiger partial charge in [-0.1, -0.05) is 25.0 Å². The van der Waals surface area contributed by atoms with Gasteiger partial charge in [0.15, 0.2) is 0 Å². The van der Waals surface area contributed by atoms with Gasteiger partial charge < -0.3 is 14.7 Å². The molecular formula is C18H25NO4. The molecule has 1 N–H and O–H groups in total. The second-order valence-electron chi connectivity index (χ2n) is 6.19. The fourth-order valence-electron chi connectivity index (χ4n) is 3.52. The molecular weight excluding hydrogens is 294 g/mol. The first kappa shape index (κ1) is 17.3. The van der Waals surface area contributed by atoms with E-state index in [0.717, 1.165) is 42.6 Å². The molecule has 0 aliphatic heterocycles. The summed E-state index contributed by atoms with van der Waals surface area (Å²) in [6, 6.07) is 5.89. The zero-order valence-electron chi connectivity index (χ0n) is 14.1. The topological polar surface area (TPSA) is 66.8 Å². The van der Waals surface area contributed by atoms with Crippen LogP contribution in [0.1, 0.15) is 43.7 Å². The summed E-state index contributed by atoms with van der Waals surface area (Å²) in [5.74, 6) is -0.288. The summed E-state index contributed by atoms with van der Waals surface area (Å²) in [7, 11) is 1.62. The number of carboxylic acid groups (broad SMARTS) is 1. The maximum absolute atomic E-state index is 13.1. The van der Waals surface area contributed by atoms with Gasteiger partial charge in [0.2, 0.25) is 5.91 Å². The van der Waals surface area contributed by atoms with E-state index >= 15 is 0 Å². The average Bonchev–Trinajstić information content (AvgIpc) is 3.03. The molecule has 5 heteroatoms. The number of amides is 1. The minimum absolute atomic E-state index is 0.0780. The molecule has 1 aliphatic rings. The third kappa shape index (κ3) is 3.33. The highest BCUT2D eigenvalue weighted by atomic mass is 16.5. The van der Waals surface area contributed by atoms with E-state index in [1.54, 1.807) is 7.11 Å². The second kappa shape index (κ2) is 7.02. The lowest BCUT2D eigenvalue weighted by Gasteiger charge is -2.34. The zero-order valence-corrected chi connectivity index (χ0v) is 14.1. The smallest absolute Gasteiger partial charge is 0.323 e. The number of nitrogens with zero attached hydrogens (tertiary/aromatic N) is 1. The number of ether oxygens (including phenoxy) is 1. The van der Waals surface area contributed by atoms with Gasteiger partial charge in [-0.3, -0.25) is 9.59 Å². The molecule has 0 saturated heterocycles. The Morgan fingerprint density at radius 1 is 1.30 bits per heavy atom. The highest BCUT2D eigenvalue weighted by Crippen LogP contribution is 2.44. The van der Waals surface area contributed by atoms with Gasteiger partial charge in [-0.05, 0) is 43.9 Å². The van der Waals surface area contributed by atoms with E-state index in [-0.39, 0.29) is 12.5 Å². The molecule has 0 aromatic heterocycles. The van der Waals surface area contributed by atoms with E-state index < -0.39 is 11.4 Å². The van der Waals surface area contributed by atoms with Crippen LogP contribution in [0.5, 0.6) is 5.75 Å². The third-order valence-corrected chi connectivity index (χ3v) is 4.82. The normalized spacial score (nSPS) is 16.1. The molecule has 0 bridgehead atoms. The monoisotopic (exact) mass is 319 g/mol. The van der Waals surface area contributed by atoms with Crippen molar-refractivity contribution in [2.75, 3.05) is 20.2 Å². The highest BCUT2D eigenvalue weighted by molar-refractivity contribution is 5.91. The first-order valence-corrected chi connectivity index (χ1v) is 8.11. The lowest BCUT2D eigenvalue weighted by Crippen LogP contribution is -2.47. The predicted molar refractivity (Wildman–Crippen MR) is 87.8 cm³/mol. The van der Waals surface area contributed by atoms with E-state index in [1.807, 2.05) is 32.0 Å². The number of aryl methyl sites for hydroxylation is 1. The van der Waals surface area contributed by atoms with Gasteiger partial charge in [-0.25, -0.2) is 0 Å². The Balaban J connectivity index is 2.43. The van der Waals surface area contributed by atoms with Gasteiger partial charge in [0.1, 0.15) is 12.3 Å². The predicted octanol–water partition coefficient (Wildman–Crippen LogP) is 2.75. The van der Waals surface area contributed by atoms with Crippen LogP contribution in [0.2, 0.25) is 0 Å². The van der Waals surface area contributed by atoms with Crippen LogP contribution in [-0.4, -0.2) is 42.1 Å². The van der Waals surface area contributed by atoms with Gasteiger partial charge in [-0.2, -0.15) is 0 Å². The maximum Gasteiger partial charge on any atom is 0.323 e. The van der Waals surface area contributed by atoms with Crippen LogP contribution in [0.3, 0.4) is 0 Å². The number of carboxylic acids is 1. The van der Waals surface area contributed by atoms with E-state index in [1.165, 1.54) is 4.90 Å². The van der Waals surface area contributed by atoms with Gasteiger partial charge in [-0.15, -0.1) is 0 Å². The first-order valence-electron chi connectivity index (χ1n) is 8.11. The van der Waals surface area contributed by atoms with E-state index in [4.69, 9.17) is 9.84 Å². The molecule has 0 heterocycles. The summed E-state index contributed by atoms with van der Waals surface area (Å²) >= 11 is 0. The minimum atomic E-state index is -0.977. The Morgan fingerprint density at radius 3 is 2.48 bits per heavy atom. The summed E-state index contributed by atoms with van der Waals surface area (Å²) in [5, 5.41) is 9.07. The number of carbonyl (C=O) groups excluding carboxylic acids is 1. The average molecular weight is 319 g/mol. The number of rotatable bonds is 6. The molecule has 1 amide bonds. The fraction of sp³-hybridized carbons (Fsp3) is 0.556. The number of aliphatic carboxylic acids is 1. The number of benzene rings is 1. The summed E-state index contributed by atoms with van der Waals surface area (Å²) in [6.07, 6.45) is 3.47. The molecule has 0 unspecified atom stereocenters. The Kier molecular flexibility index (Phi) is 5.29. The van der Waals surface area contributed by atoms with Gasteiger partial charge in [0.25, 0.3) is 0 Å². The van der Waals surface area contributed by atoms with Crippen LogP contribution in [0.4, 0.5) is 0 Å². The summed E-state index contributed by atoms with van der Waals surface area (Å²) in [6.45, 7) is 3.93. The third-order valence-electron chi connectivity index (χ3n) is 4.82. The summed E-state index contributed by atoms with van der Waals surface area (Å²) in [4.78, 5) is 25.6. The van der Waals surface area contributed by atoms with E-state index in [0.29, 0.717) is 6.54 Å². The zero-order chi connectivity index (χ0) is 17.0. The molecule has 0 spiro atoms. The summed E-state index contributed by atoms with van der Waals surface area (Å²) < 4.78 is 5.40. The highest BCUT2D eigenvalue weighted by Gasteiger charge is 2.45. The van der Waals surface area contributed by atoms with Crippen LogP contribution in [-0.2, 0) is 15.0 Å². The molecule has 1 saturated carbocycles. The van der Waals surface area contributed by atoms with Crippen molar-refractivity contribution in [3.05, 3.63) is 29.3 Å². The largest absolute Gasteiger partial charge is 0.496 e. The SMILES string of the molecule is CCN(CC(=O)O)C(=O)C1(c2ccc(C)c(OC)c2)CCCC1. The number of likely N-dealkylation sites (N-methyl/N-ethyl adjacent to an activating group) is 1. The van der Waals surface area contributed by atoms with Crippen molar-refractivity contribution in [2.24, 2.45) is 0 Å². The first-order chi connectivity index (χ1) is 10.9. The van der Waals surface area contributed by atoms with Gasteiger partial charge in [0.05, 0.1) is 12.5 Å². The quantitative estimate of drug-likeness (QED) is 0.875. The van der Waals surface area contributed by atoms with Gasteiger partial charge >= 0.3 is 5.97 Å². The lowest BCUT2D eigenvalue weighted by atomic mass is 9.77. The van der Waals surface area contributed by atoms with Crippen molar-refractivity contribution < 1.29 is 19.4 Å². The van der Waals surface area contributed by atoms with Crippen molar-refractivity contribution in [1.82, 2.24) is 4.90 Å². The molecule has 5 nitrogen and oxygen atoms in total. The summed E-state index contributed by atoms with van der Waals surface area (Å²) in [5.41, 5.74) is 1.34. The molecule has 0 radical (unpaired) electrons. The van der Waals surface area contributed by atoms with Crippen molar-refractivity contribution in [2.45, 2.75) is 44.9 Å². The molecule has 1 fully saturated rings. The van der Waals surface area contributed by atoms with Crippen LogP contribution >= 0.6 is 0 Å². The number of methoxy groups -OCH3 is 1. The minimum Gasteiger partial charge on any atom is -0.496 e. The van der Waals surface area contributed by atoms with E-state index in [9.17, 15) is 9.59 Å². The maximum atomic E-state index is 13.1. The standard InChI is InChI=1S/C18H25NO4/c1-4-19(12-16(20)21)17(22)18(9-5-6-10-18)14-8-7-13(2)15(11-14)23-3/h7-8,11H,4-6,9-10,12H2,1-3H3,(H,20,21). The van der Waals surface area contributed by atoms with Crippen molar-refractivity contribution in [3.63, 3.8) is 0 Å². The number of carbonyl (C=O) groups is 2. The Morgan fingerprint density at radius 2 is 1.96 bits per heavy atom. The number of hydrogen-bond donors (Lipinski definition) is 1. The number of hydrogen-bond acceptors (Lipinski definition) is 3. The van der Waals surface area contributed by atoms with E-state index in [2.05, 4.69) is 0 Å². The van der Waals surface area contributed by atoms with Crippen molar-refractivity contribution in [3.8, 4) is 5.75 Å². The van der Waals surface area contributed by atoms with Crippen LogP contribution in [0, 0.1) is 6.92 Å². The van der Waals surface area contributed by atoms with Gasteiger partial charge in [0, 0.05) is 6.54 Å². The van der Waals surface area contributed by atoms with Crippen molar-refractivity contribution in [1.29, 1.82) is 0 Å². The molecule has 0 atom stereocenters. The second-order valence-corrected chi connectivity index (χ2v) is 6.19.